The molecule has 1 aliphatic carbocycles. The fourth-order valence-electron chi connectivity index (χ4n) is 2.86. The SMILES string of the molecule is CC.CCCC1(C)CCC(C(F)(F)F)(C(F)(F)F)CC1. The summed E-state index contributed by atoms with van der Waals surface area (Å²) < 4.78 is 76.9. The largest absolute Gasteiger partial charge is 0.403 e. The summed E-state index contributed by atoms with van der Waals surface area (Å²) in [5, 5.41) is 0. The Labute approximate surface area is 116 Å². The second kappa shape index (κ2) is 6.56. The van der Waals surface area contributed by atoms with E-state index in [9.17, 15) is 26.3 Å². The van der Waals surface area contributed by atoms with Crippen LogP contribution in [0.1, 0.15) is 66.2 Å². The van der Waals surface area contributed by atoms with Gasteiger partial charge in [-0.1, -0.05) is 34.1 Å². The predicted octanol–water partition coefficient (Wildman–Crippen LogP) is 6.50. The minimum Gasteiger partial charge on any atom is -0.170 e. The molecule has 0 spiro atoms. The topological polar surface area (TPSA) is 0 Å². The molecule has 1 rings (SSSR count). The Bertz CT molecular complexity index is 265. The van der Waals surface area contributed by atoms with Crippen molar-refractivity contribution in [3.05, 3.63) is 0 Å². The molecular formula is C14H24F6. The molecular weight excluding hydrogens is 282 g/mol. The lowest BCUT2D eigenvalue weighted by Gasteiger charge is -2.46. The van der Waals surface area contributed by atoms with Gasteiger partial charge in [0.25, 0.3) is 0 Å². The van der Waals surface area contributed by atoms with E-state index in [4.69, 9.17) is 0 Å². The van der Waals surface area contributed by atoms with Gasteiger partial charge in [-0.3, -0.25) is 0 Å². The first-order chi connectivity index (χ1) is 8.97. The Balaban J connectivity index is 0.00000172. The Morgan fingerprint density at radius 3 is 1.40 bits per heavy atom. The van der Waals surface area contributed by atoms with E-state index in [1.807, 2.05) is 20.8 Å². The quantitative estimate of drug-likeness (QED) is 0.510. The van der Waals surface area contributed by atoms with E-state index < -0.39 is 30.6 Å². The lowest BCUT2D eigenvalue weighted by atomic mass is 9.62. The van der Waals surface area contributed by atoms with Crippen molar-refractivity contribution in [3.8, 4) is 0 Å². The van der Waals surface area contributed by atoms with Gasteiger partial charge in [0, 0.05) is 0 Å². The van der Waals surface area contributed by atoms with Gasteiger partial charge in [0.1, 0.15) is 0 Å². The summed E-state index contributed by atoms with van der Waals surface area (Å²) in [5.74, 6) is 0. The third-order valence-corrected chi connectivity index (χ3v) is 4.25. The van der Waals surface area contributed by atoms with Crippen molar-refractivity contribution in [3.63, 3.8) is 0 Å². The van der Waals surface area contributed by atoms with E-state index in [1.54, 1.807) is 6.92 Å². The van der Waals surface area contributed by atoms with Crippen LogP contribution in [0.15, 0.2) is 0 Å². The average Bonchev–Trinajstić information content (AvgIpc) is 2.29. The van der Waals surface area contributed by atoms with Gasteiger partial charge < -0.3 is 0 Å². The second-order valence-electron chi connectivity index (χ2n) is 5.64. The molecule has 0 aromatic carbocycles. The number of hydrogen-bond donors (Lipinski definition) is 0. The third-order valence-electron chi connectivity index (χ3n) is 4.25. The molecule has 0 amide bonds. The van der Waals surface area contributed by atoms with Crippen LogP contribution >= 0.6 is 0 Å². The summed E-state index contributed by atoms with van der Waals surface area (Å²) in [4.78, 5) is 0. The van der Waals surface area contributed by atoms with E-state index in [-0.39, 0.29) is 18.3 Å². The van der Waals surface area contributed by atoms with Gasteiger partial charge in [-0.25, -0.2) is 0 Å². The summed E-state index contributed by atoms with van der Waals surface area (Å²) >= 11 is 0. The molecule has 0 aromatic heterocycles. The van der Waals surface area contributed by atoms with Crippen LogP contribution in [-0.2, 0) is 0 Å². The van der Waals surface area contributed by atoms with Crippen LogP contribution in [0, 0.1) is 10.8 Å². The van der Waals surface area contributed by atoms with Gasteiger partial charge in [-0.05, 0) is 37.5 Å². The Hall–Kier alpha value is -0.420. The zero-order valence-electron chi connectivity index (χ0n) is 12.5. The van der Waals surface area contributed by atoms with Crippen molar-refractivity contribution < 1.29 is 26.3 Å². The molecule has 0 heterocycles. The molecule has 1 fully saturated rings. The number of hydrogen-bond acceptors (Lipinski definition) is 0. The average molecular weight is 306 g/mol. The number of alkyl halides is 6. The standard InChI is InChI=1S/C12H18F6.C2H6/c1-3-4-9(2)5-7-10(8-6-9,11(13,14)15)12(16,17)18;1-2/h3-8H2,1-2H3;1-2H3. The predicted molar refractivity (Wildman–Crippen MR) is 67.4 cm³/mol. The summed E-state index contributed by atoms with van der Waals surface area (Å²) in [6.45, 7) is 7.67. The molecule has 6 heteroatoms. The van der Waals surface area contributed by atoms with Crippen molar-refractivity contribution >= 4 is 0 Å². The molecule has 0 bridgehead atoms. The van der Waals surface area contributed by atoms with E-state index in [2.05, 4.69) is 0 Å². The van der Waals surface area contributed by atoms with Crippen molar-refractivity contribution in [1.82, 2.24) is 0 Å². The Morgan fingerprint density at radius 2 is 1.15 bits per heavy atom. The van der Waals surface area contributed by atoms with Crippen molar-refractivity contribution in [2.75, 3.05) is 0 Å². The molecule has 0 nitrogen and oxygen atoms in total. The van der Waals surface area contributed by atoms with Gasteiger partial charge in [-0.2, -0.15) is 26.3 Å². The fourth-order valence-corrected chi connectivity index (χ4v) is 2.86. The highest BCUT2D eigenvalue weighted by Crippen LogP contribution is 2.61. The first kappa shape index (κ1) is 19.6. The molecule has 0 aliphatic heterocycles. The van der Waals surface area contributed by atoms with E-state index in [1.165, 1.54) is 0 Å². The molecule has 0 saturated heterocycles. The highest BCUT2D eigenvalue weighted by molar-refractivity contribution is 4.99. The van der Waals surface area contributed by atoms with Crippen molar-refractivity contribution in [2.45, 2.75) is 78.6 Å². The third kappa shape index (κ3) is 3.82. The molecule has 20 heavy (non-hydrogen) atoms. The number of halogens is 6. The molecule has 0 N–H and O–H groups in total. The summed E-state index contributed by atoms with van der Waals surface area (Å²) in [6.07, 6.45) is -10.7. The van der Waals surface area contributed by atoms with Crippen LogP contribution in [0.2, 0.25) is 0 Å². The van der Waals surface area contributed by atoms with E-state index >= 15 is 0 Å². The maximum atomic E-state index is 12.8. The van der Waals surface area contributed by atoms with Gasteiger partial charge in [0.15, 0.2) is 5.41 Å². The van der Waals surface area contributed by atoms with Crippen molar-refractivity contribution in [2.24, 2.45) is 10.8 Å². The van der Waals surface area contributed by atoms with Gasteiger partial charge in [0.05, 0.1) is 0 Å². The van der Waals surface area contributed by atoms with Gasteiger partial charge in [0.2, 0.25) is 0 Å². The zero-order valence-corrected chi connectivity index (χ0v) is 12.5. The summed E-state index contributed by atoms with van der Waals surface area (Å²) in [6, 6.07) is 0. The van der Waals surface area contributed by atoms with Crippen LogP contribution in [0.3, 0.4) is 0 Å². The Morgan fingerprint density at radius 1 is 0.800 bits per heavy atom. The van der Waals surface area contributed by atoms with E-state index in [0.717, 1.165) is 6.42 Å². The molecule has 0 atom stereocenters. The Kier molecular flexibility index (Phi) is 6.42. The monoisotopic (exact) mass is 306 g/mol. The van der Waals surface area contributed by atoms with Crippen LogP contribution in [0.4, 0.5) is 26.3 Å². The normalized spacial score (nSPS) is 21.9. The van der Waals surface area contributed by atoms with E-state index in [0.29, 0.717) is 6.42 Å². The van der Waals surface area contributed by atoms with Crippen LogP contribution < -0.4 is 0 Å². The van der Waals surface area contributed by atoms with Crippen molar-refractivity contribution in [1.29, 1.82) is 0 Å². The minimum absolute atomic E-state index is 0.0140. The molecule has 1 aliphatic rings. The van der Waals surface area contributed by atoms with Crippen LogP contribution in [-0.4, -0.2) is 12.4 Å². The molecule has 122 valence electrons. The van der Waals surface area contributed by atoms with Gasteiger partial charge >= 0.3 is 12.4 Å². The highest BCUT2D eigenvalue weighted by atomic mass is 19.4. The molecule has 1 saturated carbocycles. The highest BCUT2D eigenvalue weighted by Gasteiger charge is 2.71. The minimum atomic E-state index is -5.21. The lowest BCUT2D eigenvalue weighted by Crippen LogP contribution is -2.53. The molecule has 0 radical (unpaired) electrons. The van der Waals surface area contributed by atoms with Crippen LogP contribution in [0.5, 0.6) is 0 Å². The first-order valence-electron chi connectivity index (χ1n) is 7.11. The summed E-state index contributed by atoms with van der Waals surface area (Å²) in [5.41, 5.74) is -3.87. The fraction of sp³-hybridized carbons (Fsp3) is 1.00. The van der Waals surface area contributed by atoms with Gasteiger partial charge in [-0.15, -0.1) is 0 Å². The smallest absolute Gasteiger partial charge is 0.170 e. The van der Waals surface area contributed by atoms with Crippen LogP contribution in [0.25, 0.3) is 0 Å². The first-order valence-corrected chi connectivity index (χ1v) is 7.11. The zero-order chi connectivity index (χ0) is 16.2. The number of rotatable bonds is 2. The molecule has 0 unspecified atom stereocenters. The molecule has 0 aromatic rings. The maximum Gasteiger partial charge on any atom is 0.403 e. The lowest BCUT2D eigenvalue weighted by molar-refractivity contribution is -0.353. The summed E-state index contributed by atoms with van der Waals surface area (Å²) in [7, 11) is 0. The maximum absolute atomic E-state index is 12.8. The second-order valence-corrected chi connectivity index (χ2v) is 5.64.